The Labute approximate surface area is 97.3 Å². The lowest BCUT2D eigenvalue weighted by Gasteiger charge is -2.21. The summed E-state index contributed by atoms with van der Waals surface area (Å²) >= 11 is 0. The third-order valence-electron chi connectivity index (χ3n) is 3.29. The van der Waals surface area contributed by atoms with Crippen molar-refractivity contribution in [3.05, 3.63) is 0 Å². The van der Waals surface area contributed by atoms with E-state index in [9.17, 15) is 4.79 Å². The smallest absolute Gasteiger partial charge is 0.239 e. The minimum absolute atomic E-state index is 0.0854. The first-order chi connectivity index (χ1) is 7.70. The van der Waals surface area contributed by atoms with Crippen LogP contribution in [0.1, 0.15) is 26.2 Å². The number of nitrogens with zero attached hydrogens (tertiary/aromatic N) is 1. The van der Waals surface area contributed by atoms with Crippen LogP contribution in [0.15, 0.2) is 0 Å². The lowest BCUT2D eigenvalue weighted by Crippen LogP contribution is -2.40. The lowest BCUT2D eigenvalue weighted by atomic mass is 10.2. The van der Waals surface area contributed by atoms with Gasteiger partial charge in [0.05, 0.1) is 12.6 Å². The fourth-order valence-corrected chi connectivity index (χ4v) is 2.32. The average Bonchev–Trinajstić information content (AvgIpc) is 2.99. The van der Waals surface area contributed by atoms with Gasteiger partial charge in [-0.2, -0.15) is 0 Å². The van der Waals surface area contributed by atoms with E-state index in [0.29, 0.717) is 12.0 Å². The summed E-state index contributed by atoms with van der Waals surface area (Å²) < 4.78 is 5.10. The van der Waals surface area contributed by atoms with Crippen molar-refractivity contribution in [3.63, 3.8) is 0 Å². The van der Waals surface area contributed by atoms with E-state index >= 15 is 0 Å². The van der Waals surface area contributed by atoms with Gasteiger partial charge in [0.2, 0.25) is 5.91 Å². The topological polar surface area (TPSA) is 41.6 Å². The van der Waals surface area contributed by atoms with Gasteiger partial charge in [-0.25, -0.2) is 0 Å². The first kappa shape index (κ1) is 11.9. The zero-order valence-corrected chi connectivity index (χ0v) is 10.2. The molecule has 1 aliphatic carbocycles. The number of ether oxygens (including phenoxy) is 1. The van der Waals surface area contributed by atoms with Crippen molar-refractivity contribution < 1.29 is 9.53 Å². The summed E-state index contributed by atoms with van der Waals surface area (Å²) in [7, 11) is 1.71. The molecule has 2 atom stereocenters. The van der Waals surface area contributed by atoms with E-state index < -0.39 is 0 Å². The van der Waals surface area contributed by atoms with E-state index in [4.69, 9.17) is 4.74 Å². The lowest BCUT2D eigenvalue weighted by molar-refractivity contribution is -0.130. The molecule has 2 aliphatic rings. The van der Waals surface area contributed by atoms with Crippen molar-refractivity contribution in [2.45, 2.75) is 38.3 Å². The van der Waals surface area contributed by atoms with Gasteiger partial charge in [0.1, 0.15) is 0 Å². The molecule has 1 saturated carbocycles. The number of methoxy groups -OCH3 is 1. The molecule has 0 radical (unpaired) electrons. The molecule has 1 N–H and O–H groups in total. The highest BCUT2D eigenvalue weighted by molar-refractivity contribution is 5.84. The number of nitrogens with one attached hydrogen (secondary N) is 1. The minimum Gasteiger partial charge on any atom is -0.384 e. The van der Waals surface area contributed by atoms with E-state index in [1.165, 1.54) is 12.8 Å². The summed E-state index contributed by atoms with van der Waals surface area (Å²) in [6, 6.07) is 0.701. The maximum Gasteiger partial charge on any atom is 0.239 e. The second-order valence-electron chi connectivity index (χ2n) is 5.13. The molecular formula is C12H22N2O2. The first-order valence-corrected chi connectivity index (χ1v) is 6.24. The van der Waals surface area contributed by atoms with Crippen molar-refractivity contribution >= 4 is 5.91 Å². The third kappa shape index (κ3) is 2.95. The molecule has 0 aromatic heterocycles. The molecular weight excluding hydrogens is 204 g/mol. The molecule has 1 heterocycles. The Balaban J connectivity index is 1.76. The van der Waals surface area contributed by atoms with Crippen molar-refractivity contribution in [1.29, 1.82) is 0 Å². The molecule has 0 aromatic carbocycles. The van der Waals surface area contributed by atoms with Crippen LogP contribution >= 0.6 is 0 Å². The summed E-state index contributed by atoms with van der Waals surface area (Å²) in [5.41, 5.74) is 0. The molecule has 16 heavy (non-hydrogen) atoms. The van der Waals surface area contributed by atoms with Crippen LogP contribution in [0.4, 0.5) is 0 Å². The number of carbonyl (C=O) groups excluding carboxylic acids is 1. The monoisotopic (exact) mass is 226 g/mol. The fraction of sp³-hybridized carbons (Fsp3) is 0.917. The van der Waals surface area contributed by atoms with Gasteiger partial charge < -0.3 is 15.0 Å². The minimum atomic E-state index is 0.0854. The molecule has 2 unspecified atom stereocenters. The Bertz CT molecular complexity index is 253. The van der Waals surface area contributed by atoms with Gasteiger partial charge in [-0.05, 0) is 25.2 Å². The standard InChI is InChI=1S/C12H22N2O2/c1-9(8-16-2)7-14-6-5-11(12(14)15)13-10-3-4-10/h9-11,13H,3-8H2,1-2H3. The van der Waals surface area contributed by atoms with Gasteiger partial charge in [0.15, 0.2) is 0 Å². The van der Waals surface area contributed by atoms with E-state index in [1.807, 2.05) is 4.90 Å². The van der Waals surface area contributed by atoms with Crippen LogP contribution in [0.3, 0.4) is 0 Å². The Morgan fingerprint density at radius 2 is 2.25 bits per heavy atom. The van der Waals surface area contributed by atoms with Gasteiger partial charge in [-0.3, -0.25) is 4.79 Å². The van der Waals surface area contributed by atoms with E-state index in [2.05, 4.69) is 12.2 Å². The molecule has 0 aromatic rings. The Morgan fingerprint density at radius 3 is 2.88 bits per heavy atom. The summed E-state index contributed by atoms with van der Waals surface area (Å²) in [5, 5.41) is 3.42. The highest BCUT2D eigenvalue weighted by atomic mass is 16.5. The molecule has 2 fully saturated rings. The van der Waals surface area contributed by atoms with Crippen molar-refractivity contribution in [2.24, 2.45) is 5.92 Å². The zero-order valence-electron chi connectivity index (χ0n) is 10.2. The van der Waals surface area contributed by atoms with Crippen molar-refractivity contribution in [3.8, 4) is 0 Å². The van der Waals surface area contributed by atoms with Crippen LogP contribution in [-0.4, -0.2) is 49.7 Å². The number of amides is 1. The largest absolute Gasteiger partial charge is 0.384 e. The molecule has 1 aliphatic heterocycles. The molecule has 1 saturated heterocycles. The fourth-order valence-electron chi connectivity index (χ4n) is 2.32. The van der Waals surface area contributed by atoms with E-state index in [-0.39, 0.29) is 11.9 Å². The van der Waals surface area contributed by atoms with Gasteiger partial charge in [0, 0.05) is 26.2 Å². The van der Waals surface area contributed by atoms with Crippen LogP contribution in [0.2, 0.25) is 0 Å². The Morgan fingerprint density at radius 1 is 1.50 bits per heavy atom. The van der Waals surface area contributed by atoms with Crippen LogP contribution in [0.5, 0.6) is 0 Å². The predicted molar refractivity (Wildman–Crippen MR) is 62.2 cm³/mol. The van der Waals surface area contributed by atoms with Crippen molar-refractivity contribution in [1.82, 2.24) is 10.2 Å². The first-order valence-electron chi connectivity index (χ1n) is 6.24. The van der Waals surface area contributed by atoms with Gasteiger partial charge in [-0.15, -0.1) is 0 Å². The maximum atomic E-state index is 12.0. The van der Waals surface area contributed by atoms with E-state index in [1.54, 1.807) is 7.11 Å². The second kappa shape index (κ2) is 5.15. The molecule has 4 heteroatoms. The maximum absolute atomic E-state index is 12.0. The summed E-state index contributed by atoms with van der Waals surface area (Å²) in [4.78, 5) is 14.0. The number of likely N-dealkylation sites (tertiary alicyclic amines) is 1. The van der Waals surface area contributed by atoms with Crippen LogP contribution in [-0.2, 0) is 9.53 Å². The quantitative estimate of drug-likeness (QED) is 0.722. The summed E-state index contributed by atoms with van der Waals surface area (Å²) in [6.45, 7) is 4.58. The highest BCUT2D eigenvalue weighted by Gasteiger charge is 2.35. The van der Waals surface area contributed by atoms with Gasteiger partial charge in [0.25, 0.3) is 0 Å². The van der Waals surface area contributed by atoms with Crippen molar-refractivity contribution in [2.75, 3.05) is 26.8 Å². The number of hydrogen-bond donors (Lipinski definition) is 1. The van der Waals surface area contributed by atoms with Crippen LogP contribution in [0.25, 0.3) is 0 Å². The molecule has 2 rings (SSSR count). The predicted octanol–water partition coefficient (Wildman–Crippen LogP) is 0.622. The number of rotatable bonds is 6. The molecule has 0 spiro atoms. The molecule has 4 nitrogen and oxygen atoms in total. The van der Waals surface area contributed by atoms with Gasteiger partial charge in [-0.1, -0.05) is 6.92 Å². The zero-order chi connectivity index (χ0) is 11.5. The van der Waals surface area contributed by atoms with E-state index in [0.717, 1.165) is 26.1 Å². The summed E-state index contributed by atoms with van der Waals surface area (Å²) in [5.74, 6) is 0.712. The normalized spacial score (nSPS) is 27.5. The highest BCUT2D eigenvalue weighted by Crippen LogP contribution is 2.22. The Hall–Kier alpha value is -0.610. The SMILES string of the molecule is COCC(C)CN1CCC(NC2CC2)C1=O. The van der Waals surface area contributed by atoms with Gasteiger partial charge >= 0.3 is 0 Å². The average molecular weight is 226 g/mol. The van der Waals surface area contributed by atoms with Crippen LogP contribution in [0, 0.1) is 5.92 Å². The number of carbonyl (C=O) groups is 1. The summed E-state index contributed by atoms with van der Waals surface area (Å²) in [6.07, 6.45) is 3.45. The molecule has 92 valence electrons. The Kier molecular flexibility index (Phi) is 3.82. The molecule has 1 amide bonds. The molecule has 0 bridgehead atoms. The third-order valence-corrected chi connectivity index (χ3v) is 3.29. The second-order valence-corrected chi connectivity index (χ2v) is 5.13. The number of hydrogen-bond acceptors (Lipinski definition) is 3. The van der Waals surface area contributed by atoms with Crippen LogP contribution < -0.4 is 5.32 Å².